The van der Waals surface area contributed by atoms with Crippen LogP contribution < -0.4 is 10.6 Å². The first-order chi connectivity index (χ1) is 14.4. The summed E-state index contributed by atoms with van der Waals surface area (Å²) in [7, 11) is 0. The fraction of sp³-hybridized carbons (Fsp3) is 0.318. The second-order valence-corrected chi connectivity index (χ2v) is 8.03. The van der Waals surface area contributed by atoms with Crippen molar-refractivity contribution in [3.05, 3.63) is 64.4 Å². The van der Waals surface area contributed by atoms with Gasteiger partial charge in [0.25, 0.3) is 5.91 Å². The number of anilines is 1. The van der Waals surface area contributed by atoms with Crippen LogP contribution in [-0.4, -0.2) is 30.9 Å². The summed E-state index contributed by atoms with van der Waals surface area (Å²) in [6, 6.07) is 12.9. The topological polar surface area (TPSA) is 84.5 Å². The van der Waals surface area contributed by atoms with Crippen LogP contribution in [0.5, 0.6) is 0 Å². The predicted molar refractivity (Wildman–Crippen MR) is 113 cm³/mol. The van der Waals surface area contributed by atoms with Crippen LogP contribution in [0.25, 0.3) is 0 Å². The fourth-order valence-electron chi connectivity index (χ4n) is 3.61. The van der Waals surface area contributed by atoms with Crippen molar-refractivity contribution in [2.75, 3.05) is 18.5 Å². The third-order valence-electron chi connectivity index (χ3n) is 5.17. The molecule has 30 heavy (non-hydrogen) atoms. The molecule has 6 nitrogen and oxygen atoms in total. The van der Waals surface area contributed by atoms with Gasteiger partial charge in [-0.05, 0) is 58.6 Å². The molecule has 2 aromatic carbocycles. The molecule has 2 N–H and O–H groups in total. The van der Waals surface area contributed by atoms with Gasteiger partial charge in [-0.1, -0.05) is 37.1 Å². The zero-order valence-corrected chi connectivity index (χ0v) is 17.8. The lowest BCUT2D eigenvalue weighted by atomic mass is 9.79. The van der Waals surface area contributed by atoms with Crippen molar-refractivity contribution >= 4 is 39.4 Å². The Balaban J connectivity index is 1.51. The molecule has 0 bridgehead atoms. The van der Waals surface area contributed by atoms with Gasteiger partial charge in [-0.3, -0.25) is 14.4 Å². The molecule has 0 aromatic heterocycles. The first-order valence-electron chi connectivity index (χ1n) is 9.65. The highest BCUT2D eigenvalue weighted by Crippen LogP contribution is 2.42. The molecule has 1 saturated carbocycles. The van der Waals surface area contributed by atoms with Crippen LogP contribution in [0.4, 0.5) is 10.1 Å². The number of benzene rings is 2. The van der Waals surface area contributed by atoms with Gasteiger partial charge in [-0.15, -0.1) is 0 Å². The van der Waals surface area contributed by atoms with Gasteiger partial charge in [0.1, 0.15) is 5.82 Å². The number of hydrogen-bond acceptors (Lipinski definition) is 4. The Morgan fingerprint density at radius 3 is 2.33 bits per heavy atom. The lowest BCUT2D eigenvalue weighted by Crippen LogP contribution is -2.39. The number of ether oxygens (including phenoxy) is 1. The van der Waals surface area contributed by atoms with Crippen molar-refractivity contribution in [1.29, 1.82) is 0 Å². The zero-order valence-electron chi connectivity index (χ0n) is 16.3. The van der Waals surface area contributed by atoms with E-state index in [1.807, 2.05) is 6.07 Å². The molecule has 3 rings (SSSR count). The molecule has 2 aromatic rings. The summed E-state index contributed by atoms with van der Waals surface area (Å²) in [6.45, 7) is -0.731. The average molecular weight is 477 g/mol. The van der Waals surface area contributed by atoms with Crippen LogP contribution in [0.1, 0.15) is 31.2 Å². The Hall–Kier alpha value is -2.74. The molecular formula is C22H22BrFN2O4. The number of carbonyl (C=O) groups excluding carboxylic acids is 3. The van der Waals surface area contributed by atoms with Crippen molar-refractivity contribution < 1.29 is 23.5 Å². The fourth-order valence-corrected chi connectivity index (χ4v) is 4.00. The summed E-state index contributed by atoms with van der Waals surface area (Å²) in [4.78, 5) is 36.8. The van der Waals surface area contributed by atoms with Crippen molar-refractivity contribution in [3.63, 3.8) is 0 Å². The molecular weight excluding hydrogens is 455 g/mol. The third-order valence-corrected chi connectivity index (χ3v) is 5.86. The number of halogens is 2. The molecule has 8 heteroatoms. The van der Waals surface area contributed by atoms with Crippen LogP contribution in [0.15, 0.2) is 53.0 Å². The van der Waals surface area contributed by atoms with Gasteiger partial charge < -0.3 is 15.4 Å². The van der Waals surface area contributed by atoms with E-state index in [4.69, 9.17) is 4.74 Å². The summed E-state index contributed by atoms with van der Waals surface area (Å²) in [5, 5.41) is 5.10. The SMILES string of the molecule is O=C(COC(=O)C1(c2ccc(F)cc2)CCCC1)NCC(=O)Nc1ccccc1Br. The normalized spacial score (nSPS) is 14.7. The van der Waals surface area contributed by atoms with E-state index in [0.717, 1.165) is 17.3 Å². The summed E-state index contributed by atoms with van der Waals surface area (Å²) in [5.41, 5.74) is 0.426. The molecule has 1 aliphatic rings. The Morgan fingerprint density at radius 2 is 1.67 bits per heavy atom. The predicted octanol–water partition coefficient (Wildman–Crippen LogP) is 3.70. The maximum absolute atomic E-state index is 13.3. The van der Waals surface area contributed by atoms with Crippen LogP contribution >= 0.6 is 15.9 Å². The molecule has 0 saturated heterocycles. The Kier molecular flexibility index (Phi) is 7.20. The van der Waals surface area contributed by atoms with Crippen LogP contribution in [0, 0.1) is 5.82 Å². The van der Waals surface area contributed by atoms with Crippen molar-refractivity contribution in [2.24, 2.45) is 0 Å². The van der Waals surface area contributed by atoms with E-state index in [0.29, 0.717) is 24.1 Å². The minimum absolute atomic E-state index is 0.249. The highest BCUT2D eigenvalue weighted by molar-refractivity contribution is 9.10. The molecule has 0 heterocycles. The Labute approximate surface area is 182 Å². The van der Waals surface area contributed by atoms with Crippen LogP contribution in [0.3, 0.4) is 0 Å². The highest BCUT2D eigenvalue weighted by Gasteiger charge is 2.44. The lowest BCUT2D eigenvalue weighted by Gasteiger charge is -2.27. The number of nitrogens with one attached hydrogen (secondary N) is 2. The van der Waals surface area contributed by atoms with Gasteiger partial charge in [0.2, 0.25) is 5.91 Å². The van der Waals surface area contributed by atoms with Gasteiger partial charge in [0, 0.05) is 4.47 Å². The number of para-hydroxylation sites is 1. The number of esters is 1. The van der Waals surface area contributed by atoms with E-state index in [1.165, 1.54) is 12.1 Å². The average Bonchev–Trinajstić information content (AvgIpc) is 3.24. The van der Waals surface area contributed by atoms with E-state index in [1.54, 1.807) is 30.3 Å². The van der Waals surface area contributed by atoms with Gasteiger partial charge in [0.15, 0.2) is 6.61 Å². The molecule has 0 radical (unpaired) electrons. The Morgan fingerprint density at radius 1 is 1.00 bits per heavy atom. The minimum Gasteiger partial charge on any atom is -0.455 e. The third kappa shape index (κ3) is 5.24. The standard InChI is InChI=1S/C22H22BrFN2O4/c23-17-5-1-2-6-18(17)26-19(27)13-25-20(28)14-30-21(29)22(11-3-4-12-22)15-7-9-16(24)10-8-15/h1-2,5-10H,3-4,11-14H2,(H,25,28)(H,26,27). The number of amides is 2. The van der Waals surface area contributed by atoms with Crippen molar-refractivity contribution in [2.45, 2.75) is 31.1 Å². The number of rotatable bonds is 7. The number of hydrogen-bond donors (Lipinski definition) is 2. The largest absolute Gasteiger partial charge is 0.455 e. The number of carbonyl (C=O) groups is 3. The summed E-state index contributed by atoms with van der Waals surface area (Å²) >= 11 is 3.33. The molecule has 0 aliphatic heterocycles. The smallest absolute Gasteiger partial charge is 0.317 e. The maximum Gasteiger partial charge on any atom is 0.317 e. The minimum atomic E-state index is -0.856. The van der Waals surface area contributed by atoms with E-state index in [-0.39, 0.29) is 12.4 Å². The van der Waals surface area contributed by atoms with Gasteiger partial charge in [-0.2, -0.15) is 0 Å². The second-order valence-electron chi connectivity index (χ2n) is 7.18. The maximum atomic E-state index is 13.3. The van der Waals surface area contributed by atoms with E-state index >= 15 is 0 Å². The van der Waals surface area contributed by atoms with Gasteiger partial charge in [-0.25, -0.2) is 4.39 Å². The van der Waals surface area contributed by atoms with Crippen LogP contribution in [-0.2, 0) is 24.5 Å². The summed E-state index contributed by atoms with van der Waals surface area (Å²) in [5.74, 6) is -1.85. The molecule has 0 unspecified atom stereocenters. The molecule has 2 amide bonds. The van der Waals surface area contributed by atoms with E-state index < -0.39 is 29.8 Å². The van der Waals surface area contributed by atoms with Crippen LogP contribution in [0.2, 0.25) is 0 Å². The zero-order chi connectivity index (χ0) is 21.6. The quantitative estimate of drug-likeness (QED) is 0.596. The van der Waals surface area contributed by atoms with E-state index in [9.17, 15) is 18.8 Å². The van der Waals surface area contributed by atoms with Crippen molar-refractivity contribution in [1.82, 2.24) is 5.32 Å². The highest BCUT2D eigenvalue weighted by atomic mass is 79.9. The Bertz CT molecular complexity index is 927. The lowest BCUT2D eigenvalue weighted by molar-refractivity contribution is -0.154. The van der Waals surface area contributed by atoms with Gasteiger partial charge in [0.05, 0.1) is 17.6 Å². The molecule has 1 aliphatic carbocycles. The second kappa shape index (κ2) is 9.84. The molecule has 0 spiro atoms. The molecule has 1 fully saturated rings. The molecule has 158 valence electrons. The van der Waals surface area contributed by atoms with E-state index in [2.05, 4.69) is 26.6 Å². The first kappa shape index (κ1) is 22.0. The molecule has 0 atom stereocenters. The van der Waals surface area contributed by atoms with Crippen molar-refractivity contribution in [3.8, 4) is 0 Å². The first-order valence-corrected chi connectivity index (χ1v) is 10.4. The summed E-state index contributed by atoms with van der Waals surface area (Å²) in [6.07, 6.45) is 2.89. The monoisotopic (exact) mass is 476 g/mol. The van der Waals surface area contributed by atoms with Gasteiger partial charge >= 0.3 is 5.97 Å². The summed E-state index contributed by atoms with van der Waals surface area (Å²) < 4.78 is 19.2.